The van der Waals surface area contributed by atoms with Crippen LogP contribution in [0, 0.1) is 5.92 Å². The Morgan fingerprint density at radius 2 is 1.90 bits per heavy atom. The van der Waals surface area contributed by atoms with Crippen molar-refractivity contribution in [3.05, 3.63) is 24.3 Å². The van der Waals surface area contributed by atoms with E-state index in [1.165, 1.54) is 24.9 Å². The molecule has 0 saturated carbocycles. The highest BCUT2D eigenvalue weighted by molar-refractivity contribution is 5.57. The molecule has 114 valence electrons. The van der Waals surface area contributed by atoms with Crippen molar-refractivity contribution in [3.8, 4) is 5.75 Å². The van der Waals surface area contributed by atoms with Gasteiger partial charge in [-0.05, 0) is 44.0 Å². The van der Waals surface area contributed by atoms with Crippen molar-refractivity contribution >= 4 is 5.69 Å². The number of anilines is 1. The summed E-state index contributed by atoms with van der Waals surface area (Å²) < 4.78 is 5.40. The van der Waals surface area contributed by atoms with Gasteiger partial charge in [0, 0.05) is 13.6 Å². The predicted molar refractivity (Wildman–Crippen MR) is 87.8 cm³/mol. The fraction of sp³-hybridized carbons (Fsp3) is 0.647. The third kappa shape index (κ3) is 6.29. The Labute approximate surface area is 124 Å². The first-order valence-electron chi connectivity index (χ1n) is 7.70. The Kier molecular flexibility index (Phi) is 8.12. The van der Waals surface area contributed by atoms with Crippen LogP contribution >= 0.6 is 0 Å². The second kappa shape index (κ2) is 9.65. The number of nitrogens with one attached hydrogen (secondary N) is 1. The maximum Gasteiger partial charge on any atom is 0.142 e. The standard InChI is InChI=1S/C17H30N2O/c1-15(2)14-18-12-8-5-9-13-19(3)16-10-6-7-11-17(16)20-4/h6-7,10-11,15,18H,5,8-9,12-14H2,1-4H3. The van der Waals surface area contributed by atoms with E-state index in [0.717, 1.165) is 31.3 Å². The van der Waals surface area contributed by atoms with Crippen LogP contribution in [0.1, 0.15) is 33.1 Å². The first-order chi connectivity index (χ1) is 9.65. The number of nitrogens with zero attached hydrogens (tertiary/aromatic N) is 1. The van der Waals surface area contributed by atoms with Crippen LogP contribution in [0.15, 0.2) is 24.3 Å². The maximum atomic E-state index is 5.40. The quantitative estimate of drug-likeness (QED) is 0.662. The number of unbranched alkanes of at least 4 members (excludes halogenated alkanes) is 2. The monoisotopic (exact) mass is 278 g/mol. The van der Waals surface area contributed by atoms with Gasteiger partial charge in [0.1, 0.15) is 5.75 Å². The predicted octanol–water partition coefficient (Wildman–Crippen LogP) is 3.55. The number of ether oxygens (including phenoxy) is 1. The third-order valence-corrected chi connectivity index (χ3v) is 3.40. The lowest BCUT2D eigenvalue weighted by molar-refractivity contribution is 0.414. The highest BCUT2D eigenvalue weighted by Gasteiger charge is 2.06. The average Bonchev–Trinajstić information content (AvgIpc) is 2.45. The lowest BCUT2D eigenvalue weighted by Crippen LogP contribution is -2.22. The molecule has 0 aliphatic carbocycles. The second-order valence-electron chi connectivity index (χ2n) is 5.75. The first kappa shape index (κ1) is 16.8. The summed E-state index contributed by atoms with van der Waals surface area (Å²) >= 11 is 0. The molecule has 0 aliphatic heterocycles. The summed E-state index contributed by atoms with van der Waals surface area (Å²) in [6.07, 6.45) is 3.75. The first-order valence-corrected chi connectivity index (χ1v) is 7.70. The second-order valence-corrected chi connectivity index (χ2v) is 5.75. The van der Waals surface area contributed by atoms with Crippen molar-refractivity contribution in [2.24, 2.45) is 5.92 Å². The van der Waals surface area contributed by atoms with Gasteiger partial charge in [0.15, 0.2) is 0 Å². The van der Waals surface area contributed by atoms with Gasteiger partial charge in [-0.3, -0.25) is 0 Å². The molecule has 3 heteroatoms. The van der Waals surface area contributed by atoms with E-state index < -0.39 is 0 Å². The van der Waals surface area contributed by atoms with Gasteiger partial charge in [-0.25, -0.2) is 0 Å². The number of hydrogen-bond acceptors (Lipinski definition) is 3. The van der Waals surface area contributed by atoms with Crippen LogP contribution < -0.4 is 15.0 Å². The van der Waals surface area contributed by atoms with Crippen LogP contribution in [0.2, 0.25) is 0 Å². The van der Waals surface area contributed by atoms with E-state index in [9.17, 15) is 0 Å². The zero-order chi connectivity index (χ0) is 14.8. The molecule has 1 aromatic carbocycles. The van der Waals surface area contributed by atoms with Gasteiger partial charge in [-0.1, -0.05) is 32.4 Å². The van der Waals surface area contributed by atoms with Gasteiger partial charge in [0.25, 0.3) is 0 Å². The molecule has 3 nitrogen and oxygen atoms in total. The van der Waals surface area contributed by atoms with E-state index in [-0.39, 0.29) is 0 Å². The van der Waals surface area contributed by atoms with Crippen LogP contribution in [0.5, 0.6) is 5.75 Å². The van der Waals surface area contributed by atoms with Gasteiger partial charge in [0.05, 0.1) is 12.8 Å². The summed E-state index contributed by atoms with van der Waals surface area (Å²) in [5, 5.41) is 3.49. The number of hydrogen-bond donors (Lipinski definition) is 1. The van der Waals surface area contributed by atoms with E-state index in [2.05, 4.69) is 43.2 Å². The van der Waals surface area contributed by atoms with E-state index in [4.69, 9.17) is 4.74 Å². The molecule has 1 aromatic rings. The Morgan fingerprint density at radius 1 is 1.15 bits per heavy atom. The molecule has 1 rings (SSSR count). The van der Waals surface area contributed by atoms with Crippen LogP contribution in [0.25, 0.3) is 0 Å². The minimum absolute atomic E-state index is 0.742. The highest BCUT2D eigenvalue weighted by Crippen LogP contribution is 2.26. The summed E-state index contributed by atoms with van der Waals surface area (Å²) in [6.45, 7) is 7.83. The zero-order valence-corrected chi connectivity index (χ0v) is 13.5. The Bertz CT molecular complexity index is 366. The lowest BCUT2D eigenvalue weighted by Gasteiger charge is -2.21. The largest absolute Gasteiger partial charge is 0.495 e. The van der Waals surface area contributed by atoms with Crippen molar-refractivity contribution in [2.75, 3.05) is 38.7 Å². The van der Waals surface area contributed by atoms with Crippen molar-refractivity contribution in [1.82, 2.24) is 5.32 Å². The van der Waals surface area contributed by atoms with Crippen LogP contribution in [-0.4, -0.2) is 33.8 Å². The van der Waals surface area contributed by atoms with Crippen molar-refractivity contribution in [3.63, 3.8) is 0 Å². The van der Waals surface area contributed by atoms with Gasteiger partial charge in [-0.2, -0.15) is 0 Å². The van der Waals surface area contributed by atoms with Gasteiger partial charge in [-0.15, -0.1) is 0 Å². The Hall–Kier alpha value is -1.22. The summed E-state index contributed by atoms with van der Waals surface area (Å²) in [6, 6.07) is 8.20. The molecule has 0 amide bonds. The molecule has 0 aromatic heterocycles. The smallest absolute Gasteiger partial charge is 0.142 e. The fourth-order valence-corrected chi connectivity index (χ4v) is 2.23. The van der Waals surface area contributed by atoms with Gasteiger partial charge < -0.3 is 15.0 Å². The number of benzene rings is 1. The zero-order valence-electron chi connectivity index (χ0n) is 13.5. The third-order valence-electron chi connectivity index (χ3n) is 3.40. The molecule has 20 heavy (non-hydrogen) atoms. The summed E-state index contributed by atoms with van der Waals surface area (Å²) in [5.74, 6) is 1.69. The molecule has 0 saturated heterocycles. The Balaban J connectivity index is 2.18. The fourth-order valence-electron chi connectivity index (χ4n) is 2.23. The molecule has 0 aliphatic rings. The highest BCUT2D eigenvalue weighted by atomic mass is 16.5. The van der Waals surface area contributed by atoms with Crippen molar-refractivity contribution < 1.29 is 4.74 Å². The minimum atomic E-state index is 0.742. The number of methoxy groups -OCH3 is 1. The molecule has 0 heterocycles. The van der Waals surface area contributed by atoms with Crippen LogP contribution in [0.3, 0.4) is 0 Å². The summed E-state index contributed by atoms with van der Waals surface area (Å²) in [7, 11) is 3.86. The van der Waals surface area contributed by atoms with Gasteiger partial charge >= 0.3 is 0 Å². The summed E-state index contributed by atoms with van der Waals surface area (Å²) in [5.41, 5.74) is 1.17. The molecule has 0 atom stereocenters. The summed E-state index contributed by atoms with van der Waals surface area (Å²) in [4.78, 5) is 2.28. The normalized spacial score (nSPS) is 10.8. The topological polar surface area (TPSA) is 24.5 Å². The number of rotatable bonds is 10. The molecule has 0 unspecified atom stereocenters. The minimum Gasteiger partial charge on any atom is -0.495 e. The van der Waals surface area contributed by atoms with E-state index in [1.807, 2.05) is 12.1 Å². The van der Waals surface area contributed by atoms with E-state index >= 15 is 0 Å². The molecular weight excluding hydrogens is 248 g/mol. The van der Waals surface area contributed by atoms with Crippen molar-refractivity contribution in [1.29, 1.82) is 0 Å². The van der Waals surface area contributed by atoms with Crippen LogP contribution in [-0.2, 0) is 0 Å². The molecule has 0 radical (unpaired) electrons. The van der Waals surface area contributed by atoms with Gasteiger partial charge in [0.2, 0.25) is 0 Å². The molecule has 1 N–H and O–H groups in total. The SMILES string of the molecule is COc1ccccc1N(C)CCCCCNCC(C)C. The van der Waals surface area contributed by atoms with Crippen LogP contribution in [0.4, 0.5) is 5.69 Å². The maximum absolute atomic E-state index is 5.40. The molecule has 0 spiro atoms. The Morgan fingerprint density at radius 3 is 2.60 bits per heavy atom. The molecule has 0 fully saturated rings. The lowest BCUT2D eigenvalue weighted by atomic mass is 10.2. The molecule has 0 bridgehead atoms. The average molecular weight is 278 g/mol. The number of para-hydroxylation sites is 2. The van der Waals surface area contributed by atoms with E-state index in [0.29, 0.717) is 0 Å². The van der Waals surface area contributed by atoms with E-state index in [1.54, 1.807) is 7.11 Å². The van der Waals surface area contributed by atoms with Crippen molar-refractivity contribution in [2.45, 2.75) is 33.1 Å². The molecular formula is C17H30N2O.